The summed E-state index contributed by atoms with van der Waals surface area (Å²) in [5.41, 5.74) is 8.21. The Morgan fingerprint density at radius 1 is 1.16 bits per heavy atom. The van der Waals surface area contributed by atoms with E-state index in [0.717, 1.165) is 11.1 Å². The Morgan fingerprint density at radius 2 is 1.68 bits per heavy atom. The van der Waals surface area contributed by atoms with Crippen molar-refractivity contribution in [1.29, 1.82) is 0 Å². The van der Waals surface area contributed by atoms with Gasteiger partial charge in [-0.15, -0.1) is 0 Å². The number of hydrogen-bond acceptors (Lipinski definition) is 3. The second-order valence-electron chi connectivity index (χ2n) is 5.33. The molecule has 3 unspecified atom stereocenters. The molecule has 2 rings (SSSR count). The first-order valence-electron chi connectivity index (χ1n) is 6.59. The Balaban J connectivity index is 2.16. The van der Waals surface area contributed by atoms with Crippen molar-refractivity contribution in [2.75, 3.05) is 6.54 Å². The molecule has 4 heteroatoms. The summed E-state index contributed by atoms with van der Waals surface area (Å²) in [5.74, 6) is -0.698. The van der Waals surface area contributed by atoms with Crippen LogP contribution < -0.4 is 5.73 Å². The maximum atomic E-state index is 12.0. The zero-order valence-electron chi connectivity index (χ0n) is 11.6. The van der Waals surface area contributed by atoms with Gasteiger partial charge in [-0.25, -0.2) is 0 Å². The lowest BCUT2D eigenvalue weighted by molar-refractivity contribution is -0.140. The number of amides is 2. The van der Waals surface area contributed by atoms with Crippen LogP contribution >= 0.6 is 0 Å². The summed E-state index contributed by atoms with van der Waals surface area (Å²) >= 11 is 0. The van der Waals surface area contributed by atoms with Crippen molar-refractivity contribution in [2.24, 2.45) is 17.6 Å². The molecule has 1 heterocycles. The number of likely N-dealkylation sites (tertiary alicyclic amines) is 1. The van der Waals surface area contributed by atoms with Crippen molar-refractivity contribution in [1.82, 2.24) is 4.90 Å². The molecule has 0 saturated carbocycles. The molecule has 19 heavy (non-hydrogen) atoms. The normalized spacial score (nSPS) is 24.9. The number of rotatable bonds is 3. The van der Waals surface area contributed by atoms with Crippen LogP contribution in [0, 0.1) is 18.8 Å². The van der Waals surface area contributed by atoms with E-state index < -0.39 is 0 Å². The van der Waals surface area contributed by atoms with Crippen LogP contribution in [0.15, 0.2) is 24.3 Å². The molecule has 2 amide bonds. The molecule has 0 aromatic heterocycles. The van der Waals surface area contributed by atoms with Gasteiger partial charge in [-0.2, -0.15) is 0 Å². The summed E-state index contributed by atoms with van der Waals surface area (Å²) in [6.07, 6.45) is 0. The quantitative estimate of drug-likeness (QED) is 0.840. The van der Waals surface area contributed by atoms with Crippen LogP contribution in [0.25, 0.3) is 0 Å². The highest BCUT2D eigenvalue weighted by Gasteiger charge is 2.42. The summed E-state index contributed by atoms with van der Waals surface area (Å²) in [5, 5.41) is 0. The van der Waals surface area contributed by atoms with E-state index in [-0.39, 0.29) is 36.2 Å². The van der Waals surface area contributed by atoms with Gasteiger partial charge in [0.1, 0.15) is 0 Å². The van der Waals surface area contributed by atoms with Crippen molar-refractivity contribution in [3.8, 4) is 0 Å². The fourth-order valence-corrected chi connectivity index (χ4v) is 2.51. The van der Waals surface area contributed by atoms with Gasteiger partial charge in [-0.3, -0.25) is 14.5 Å². The summed E-state index contributed by atoms with van der Waals surface area (Å²) < 4.78 is 0. The van der Waals surface area contributed by atoms with E-state index >= 15 is 0 Å². The van der Waals surface area contributed by atoms with Crippen LogP contribution in [0.5, 0.6) is 0 Å². The number of nitrogens with zero attached hydrogens (tertiary/aromatic N) is 1. The Bertz CT molecular complexity index is 493. The predicted octanol–water partition coefficient (Wildman–Crippen LogP) is 1.64. The van der Waals surface area contributed by atoms with Gasteiger partial charge in [0, 0.05) is 24.4 Å². The van der Waals surface area contributed by atoms with Crippen molar-refractivity contribution >= 4 is 11.8 Å². The van der Waals surface area contributed by atoms with E-state index in [1.165, 1.54) is 4.90 Å². The van der Waals surface area contributed by atoms with Crippen molar-refractivity contribution in [2.45, 2.75) is 26.8 Å². The molecule has 1 aromatic carbocycles. The molecule has 3 atom stereocenters. The van der Waals surface area contributed by atoms with E-state index in [1.54, 1.807) is 13.8 Å². The zero-order chi connectivity index (χ0) is 14.2. The number of aryl methyl sites for hydroxylation is 1. The highest BCUT2D eigenvalue weighted by atomic mass is 16.2. The SMILES string of the molecule is Cc1ccccc1C(N)CN1C(=O)C(C)C(C)C1=O. The summed E-state index contributed by atoms with van der Waals surface area (Å²) in [6.45, 7) is 5.83. The molecule has 0 bridgehead atoms. The highest BCUT2D eigenvalue weighted by Crippen LogP contribution is 2.27. The fraction of sp³-hybridized carbons (Fsp3) is 0.467. The third kappa shape index (κ3) is 2.40. The van der Waals surface area contributed by atoms with Crippen LogP contribution in [-0.4, -0.2) is 23.3 Å². The van der Waals surface area contributed by atoms with Gasteiger partial charge in [0.2, 0.25) is 11.8 Å². The molecule has 0 radical (unpaired) electrons. The minimum Gasteiger partial charge on any atom is -0.322 e. The maximum Gasteiger partial charge on any atom is 0.232 e. The van der Waals surface area contributed by atoms with Gasteiger partial charge in [0.15, 0.2) is 0 Å². The molecular weight excluding hydrogens is 240 g/mol. The van der Waals surface area contributed by atoms with Crippen LogP contribution in [-0.2, 0) is 9.59 Å². The van der Waals surface area contributed by atoms with Gasteiger partial charge in [0.05, 0.1) is 0 Å². The Kier molecular flexibility index (Phi) is 3.71. The molecule has 0 aliphatic carbocycles. The number of imide groups is 1. The van der Waals surface area contributed by atoms with Gasteiger partial charge in [0.25, 0.3) is 0 Å². The first kappa shape index (κ1) is 13.7. The van der Waals surface area contributed by atoms with E-state index in [0.29, 0.717) is 0 Å². The van der Waals surface area contributed by atoms with Gasteiger partial charge in [-0.1, -0.05) is 38.1 Å². The van der Waals surface area contributed by atoms with Gasteiger partial charge in [-0.05, 0) is 18.1 Å². The predicted molar refractivity (Wildman–Crippen MR) is 73.2 cm³/mol. The van der Waals surface area contributed by atoms with Gasteiger partial charge >= 0.3 is 0 Å². The number of hydrogen-bond donors (Lipinski definition) is 1. The first-order chi connectivity index (χ1) is 8.93. The first-order valence-corrected chi connectivity index (χ1v) is 6.59. The standard InChI is InChI=1S/C15H20N2O2/c1-9-6-4-5-7-12(9)13(16)8-17-14(18)10(2)11(3)15(17)19/h4-7,10-11,13H,8,16H2,1-3H3. The number of nitrogens with two attached hydrogens (primary N) is 1. The van der Waals surface area contributed by atoms with E-state index in [1.807, 2.05) is 31.2 Å². The summed E-state index contributed by atoms with van der Waals surface area (Å²) in [6, 6.07) is 7.46. The zero-order valence-corrected chi connectivity index (χ0v) is 11.6. The summed E-state index contributed by atoms with van der Waals surface area (Å²) in [4.78, 5) is 25.4. The molecule has 0 spiro atoms. The highest BCUT2D eigenvalue weighted by molar-refractivity contribution is 6.04. The second-order valence-corrected chi connectivity index (χ2v) is 5.33. The average molecular weight is 260 g/mol. The fourth-order valence-electron chi connectivity index (χ4n) is 2.51. The van der Waals surface area contributed by atoms with Gasteiger partial charge < -0.3 is 5.73 Å². The Hall–Kier alpha value is -1.68. The molecule has 102 valence electrons. The average Bonchev–Trinajstić information content (AvgIpc) is 2.57. The third-order valence-electron chi connectivity index (χ3n) is 4.03. The molecule has 1 aromatic rings. The topological polar surface area (TPSA) is 63.4 Å². The smallest absolute Gasteiger partial charge is 0.232 e. The number of benzene rings is 1. The Morgan fingerprint density at radius 3 is 2.21 bits per heavy atom. The van der Waals surface area contributed by atoms with Crippen LogP contribution in [0.3, 0.4) is 0 Å². The number of carbonyl (C=O) groups is 2. The second kappa shape index (κ2) is 5.13. The lowest BCUT2D eigenvalue weighted by Gasteiger charge is -2.21. The largest absolute Gasteiger partial charge is 0.322 e. The third-order valence-corrected chi connectivity index (χ3v) is 4.03. The summed E-state index contributed by atoms with van der Waals surface area (Å²) in [7, 11) is 0. The molecule has 2 N–H and O–H groups in total. The van der Waals surface area contributed by atoms with Crippen molar-refractivity contribution in [3.63, 3.8) is 0 Å². The molecule has 1 saturated heterocycles. The maximum absolute atomic E-state index is 12.0. The van der Waals surface area contributed by atoms with Crippen LogP contribution in [0.1, 0.15) is 31.0 Å². The molecule has 4 nitrogen and oxygen atoms in total. The van der Waals surface area contributed by atoms with E-state index in [4.69, 9.17) is 5.73 Å². The molecular formula is C15H20N2O2. The lowest BCUT2D eigenvalue weighted by Crippen LogP contribution is -2.37. The molecule has 1 aliphatic rings. The minimum absolute atomic E-state index is 0.110. The van der Waals surface area contributed by atoms with Crippen molar-refractivity contribution < 1.29 is 9.59 Å². The van der Waals surface area contributed by atoms with E-state index in [2.05, 4.69) is 0 Å². The minimum atomic E-state index is -0.327. The number of carbonyl (C=O) groups excluding carboxylic acids is 2. The van der Waals surface area contributed by atoms with Crippen LogP contribution in [0.4, 0.5) is 0 Å². The lowest BCUT2D eigenvalue weighted by atomic mass is 10.00. The van der Waals surface area contributed by atoms with Crippen LogP contribution in [0.2, 0.25) is 0 Å². The monoisotopic (exact) mass is 260 g/mol. The van der Waals surface area contributed by atoms with E-state index in [9.17, 15) is 9.59 Å². The Labute approximate surface area is 113 Å². The van der Waals surface area contributed by atoms with Crippen molar-refractivity contribution in [3.05, 3.63) is 35.4 Å². The molecule has 1 aliphatic heterocycles. The molecule has 1 fully saturated rings.